The van der Waals surface area contributed by atoms with Gasteiger partial charge in [0.25, 0.3) is 5.91 Å². The lowest BCUT2D eigenvalue weighted by Crippen LogP contribution is -2.27. The Morgan fingerprint density at radius 1 is 1.14 bits per heavy atom. The highest BCUT2D eigenvalue weighted by Gasteiger charge is 2.22. The summed E-state index contributed by atoms with van der Waals surface area (Å²) in [5.41, 5.74) is 3.04. The Bertz CT molecular complexity index is 983. The first-order valence-electron chi connectivity index (χ1n) is 9.69. The van der Waals surface area contributed by atoms with Crippen LogP contribution < -0.4 is 10.1 Å². The molecule has 0 aliphatic heterocycles. The summed E-state index contributed by atoms with van der Waals surface area (Å²) in [6, 6.07) is 17.4. The van der Waals surface area contributed by atoms with E-state index in [9.17, 15) is 4.79 Å². The van der Waals surface area contributed by atoms with Gasteiger partial charge in [-0.15, -0.1) is 0 Å². The van der Waals surface area contributed by atoms with E-state index in [0.29, 0.717) is 23.0 Å². The van der Waals surface area contributed by atoms with Crippen molar-refractivity contribution in [2.75, 3.05) is 0 Å². The summed E-state index contributed by atoms with van der Waals surface area (Å²) < 4.78 is 7.40. The summed E-state index contributed by atoms with van der Waals surface area (Å²) >= 11 is 6.51. The van der Waals surface area contributed by atoms with E-state index in [1.165, 1.54) is 0 Å². The molecule has 0 bridgehead atoms. The van der Waals surface area contributed by atoms with Crippen LogP contribution in [-0.4, -0.2) is 21.8 Å². The van der Waals surface area contributed by atoms with Crippen molar-refractivity contribution >= 4 is 17.5 Å². The summed E-state index contributed by atoms with van der Waals surface area (Å²) in [4.78, 5) is 12.9. The molecule has 0 unspecified atom stereocenters. The van der Waals surface area contributed by atoms with E-state index in [0.717, 1.165) is 16.9 Å². The number of carbonyl (C=O) groups is 1. The second-order valence-electron chi connectivity index (χ2n) is 7.33. The van der Waals surface area contributed by atoms with Gasteiger partial charge in [0.1, 0.15) is 10.9 Å². The molecule has 1 amide bonds. The number of hydrogen-bond acceptors (Lipinski definition) is 3. The van der Waals surface area contributed by atoms with Crippen molar-refractivity contribution < 1.29 is 9.53 Å². The van der Waals surface area contributed by atoms with Crippen molar-refractivity contribution in [3.8, 4) is 5.75 Å². The molecule has 0 aliphatic rings. The number of aryl methyl sites for hydroxylation is 1. The van der Waals surface area contributed by atoms with E-state index in [1.807, 2.05) is 75.4 Å². The fourth-order valence-electron chi connectivity index (χ4n) is 3.15. The standard InChI is InChI=1S/C23H26ClN3O2/c1-15(2)29-20-12-8-11-19(13-20)16(3)25-23(28)21-17(4)26-27(22(21)24)14-18-9-6-5-7-10-18/h5-13,15-16H,14H2,1-4H3,(H,25,28)/t16-/m0/s1. The third kappa shape index (κ3) is 5.18. The van der Waals surface area contributed by atoms with Crippen LogP contribution in [0.1, 0.15) is 54.0 Å². The second kappa shape index (κ2) is 9.14. The van der Waals surface area contributed by atoms with Crippen LogP contribution in [0.2, 0.25) is 5.15 Å². The third-order valence-electron chi connectivity index (χ3n) is 4.55. The molecule has 6 heteroatoms. The predicted octanol–water partition coefficient (Wildman–Crippen LogP) is 5.17. The predicted molar refractivity (Wildman–Crippen MR) is 116 cm³/mol. The van der Waals surface area contributed by atoms with E-state index >= 15 is 0 Å². The third-order valence-corrected chi connectivity index (χ3v) is 4.93. The fourth-order valence-corrected chi connectivity index (χ4v) is 3.47. The minimum atomic E-state index is -0.241. The molecule has 0 saturated heterocycles. The molecule has 1 aromatic heterocycles. The molecule has 5 nitrogen and oxygen atoms in total. The highest BCUT2D eigenvalue weighted by atomic mass is 35.5. The number of rotatable bonds is 7. The molecule has 29 heavy (non-hydrogen) atoms. The van der Waals surface area contributed by atoms with Gasteiger partial charge in [-0.3, -0.25) is 4.79 Å². The summed E-state index contributed by atoms with van der Waals surface area (Å²) in [5, 5.41) is 7.82. The Labute approximate surface area is 176 Å². The van der Waals surface area contributed by atoms with E-state index < -0.39 is 0 Å². The number of nitrogens with one attached hydrogen (secondary N) is 1. The summed E-state index contributed by atoms with van der Waals surface area (Å²) in [6.45, 7) is 8.21. The van der Waals surface area contributed by atoms with Crippen LogP contribution in [0.3, 0.4) is 0 Å². The average molecular weight is 412 g/mol. The van der Waals surface area contributed by atoms with Gasteiger partial charge >= 0.3 is 0 Å². The van der Waals surface area contributed by atoms with Gasteiger partial charge < -0.3 is 10.1 Å². The Balaban J connectivity index is 1.75. The van der Waals surface area contributed by atoms with Crippen molar-refractivity contribution in [1.82, 2.24) is 15.1 Å². The molecule has 152 valence electrons. The number of aromatic nitrogens is 2. The molecule has 3 aromatic rings. The molecule has 1 atom stereocenters. The van der Waals surface area contributed by atoms with Crippen LogP contribution in [0, 0.1) is 6.92 Å². The SMILES string of the molecule is Cc1nn(Cc2ccccc2)c(Cl)c1C(=O)N[C@@H](C)c1cccc(OC(C)C)c1. The molecular formula is C23H26ClN3O2. The maximum absolute atomic E-state index is 12.9. The smallest absolute Gasteiger partial charge is 0.256 e. The van der Waals surface area contributed by atoms with E-state index in [1.54, 1.807) is 11.6 Å². The van der Waals surface area contributed by atoms with Crippen LogP contribution >= 0.6 is 11.6 Å². The number of ether oxygens (including phenoxy) is 1. The van der Waals surface area contributed by atoms with Crippen molar-refractivity contribution in [1.29, 1.82) is 0 Å². The van der Waals surface area contributed by atoms with Crippen LogP contribution in [0.4, 0.5) is 0 Å². The number of benzene rings is 2. The zero-order valence-corrected chi connectivity index (χ0v) is 17.9. The van der Waals surface area contributed by atoms with Gasteiger partial charge in [0.15, 0.2) is 0 Å². The van der Waals surface area contributed by atoms with E-state index in [4.69, 9.17) is 16.3 Å². The molecular weight excluding hydrogens is 386 g/mol. The number of halogens is 1. The number of hydrogen-bond donors (Lipinski definition) is 1. The van der Waals surface area contributed by atoms with Crippen molar-refractivity contribution in [3.63, 3.8) is 0 Å². The quantitative estimate of drug-likeness (QED) is 0.583. The molecule has 3 rings (SSSR count). The van der Waals surface area contributed by atoms with Gasteiger partial charge in [-0.05, 0) is 51.0 Å². The van der Waals surface area contributed by atoms with Gasteiger partial charge in [-0.1, -0.05) is 54.1 Å². The molecule has 0 saturated carbocycles. The lowest BCUT2D eigenvalue weighted by Gasteiger charge is -2.16. The minimum Gasteiger partial charge on any atom is -0.491 e. The topological polar surface area (TPSA) is 56.2 Å². The number of amides is 1. The fraction of sp³-hybridized carbons (Fsp3) is 0.304. The average Bonchev–Trinajstić information content (AvgIpc) is 2.95. The Morgan fingerprint density at radius 2 is 1.86 bits per heavy atom. The zero-order valence-electron chi connectivity index (χ0n) is 17.1. The van der Waals surface area contributed by atoms with E-state index in [-0.39, 0.29) is 18.1 Å². The first-order valence-corrected chi connectivity index (χ1v) is 10.1. The van der Waals surface area contributed by atoms with Crippen molar-refractivity contribution in [2.45, 2.75) is 46.4 Å². The monoisotopic (exact) mass is 411 g/mol. The van der Waals surface area contributed by atoms with Gasteiger partial charge in [0.05, 0.1) is 29.9 Å². The maximum atomic E-state index is 12.9. The Hall–Kier alpha value is -2.79. The minimum absolute atomic E-state index is 0.0899. The van der Waals surface area contributed by atoms with Crippen LogP contribution in [0.5, 0.6) is 5.75 Å². The lowest BCUT2D eigenvalue weighted by atomic mass is 10.1. The van der Waals surface area contributed by atoms with E-state index in [2.05, 4.69) is 10.4 Å². The highest BCUT2D eigenvalue weighted by Crippen LogP contribution is 2.24. The summed E-state index contributed by atoms with van der Waals surface area (Å²) in [5.74, 6) is 0.540. The molecule has 0 spiro atoms. The van der Waals surface area contributed by atoms with Gasteiger partial charge in [0.2, 0.25) is 0 Å². The van der Waals surface area contributed by atoms with Gasteiger partial charge in [-0.25, -0.2) is 4.68 Å². The lowest BCUT2D eigenvalue weighted by molar-refractivity contribution is 0.0939. The molecule has 0 aliphatic carbocycles. The number of nitrogens with zero attached hydrogens (tertiary/aromatic N) is 2. The van der Waals surface area contributed by atoms with Crippen LogP contribution in [0.15, 0.2) is 54.6 Å². The van der Waals surface area contributed by atoms with Crippen molar-refractivity contribution in [2.24, 2.45) is 0 Å². The van der Waals surface area contributed by atoms with Crippen LogP contribution in [-0.2, 0) is 6.54 Å². The largest absolute Gasteiger partial charge is 0.491 e. The zero-order chi connectivity index (χ0) is 21.0. The van der Waals surface area contributed by atoms with Crippen molar-refractivity contribution in [3.05, 3.63) is 82.1 Å². The Kier molecular flexibility index (Phi) is 6.60. The molecule has 1 N–H and O–H groups in total. The molecule has 2 aromatic carbocycles. The maximum Gasteiger partial charge on any atom is 0.256 e. The first kappa shape index (κ1) is 20.9. The summed E-state index contributed by atoms with van der Waals surface area (Å²) in [7, 11) is 0. The molecule has 1 heterocycles. The normalized spacial score (nSPS) is 12.1. The number of carbonyl (C=O) groups excluding carboxylic acids is 1. The van der Waals surface area contributed by atoms with Gasteiger partial charge in [0, 0.05) is 0 Å². The summed E-state index contributed by atoms with van der Waals surface area (Å²) in [6.07, 6.45) is 0.0899. The molecule has 0 fully saturated rings. The molecule has 0 radical (unpaired) electrons. The Morgan fingerprint density at radius 3 is 2.55 bits per heavy atom. The van der Waals surface area contributed by atoms with Crippen LogP contribution in [0.25, 0.3) is 0 Å². The van der Waals surface area contributed by atoms with Gasteiger partial charge in [-0.2, -0.15) is 5.10 Å². The first-order chi connectivity index (χ1) is 13.8. The highest BCUT2D eigenvalue weighted by molar-refractivity contribution is 6.33. The second-order valence-corrected chi connectivity index (χ2v) is 7.69.